The second-order valence-electron chi connectivity index (χ2n) is 5.53. The average Bonchev–Trinajstić information content (AvgIpc) is 2.83. The van der Waals surface area contributed by atoms with Gasteiger partial charge in [-0.15, -0.1) is 0 Å². The van der Waals surface area contributed by atoms with Crippen LogP contribution in [0.5, 0.6) is 0 Å². The Morgan fingerprint density at radius 1 is 1.19 bits per heavy atom. The summed E-state index contributed by atoms with van der Waals surface area (Å²) in [4.78, 5) is 10.9. The Hall–Kier alpha value is -2.49. The smallest absolute Gasteiger partial charge is 0.221 e. The Morgan fingerprint density at radius 2 is 1.95 bits per heavy atom. The predicted molar refractivity (Wildman–Crippen MR) is 84.9 cm³/mol. The van der Waals surface area contributed by atoms with Crippen molar-refractivity contribution in [1.29, 1.82) is 0 Å². The molecule has 21 heavy (non-hydrogen) atoms. The highest BCUT2D eigenvalue weighted by molar-refractivity contribution is 5.76. The van der Waals surface area contributed by atoms with Crippen LogP contribution < -0.4 is 16.8 Å². The van der Waals surface area contributed by atoms with Crippen LogP contribution in [-0.2, 0) is 17.6 Å². The number of nitrogens with one attached hydrogen (secondary N) is 1. The lowest BCUT2D eigenvalue weighted by Gasteiger charge is -2.16. The van der Waals surface area contributed by atoms with E-state index in [1.54, 1.807) is 0 Å². The van der Waals surface area contributed by atoms with Gasteiger partial charge in [-0.25, -0.2) is 0 Å². The monoisotopic (exact) mass is 281 g/mol. The van der Waals surface area contributed by atoms with Gasteiger partial charge in [-0.1, -0.05) is 18.2 Å². The van der Waals surface area contributed by atoms with E-state index < -0.39 is 0 Å². The summed E-state index contributed by atoms with van der Waals surface area (Å²) in [6, 6.07) is 14.3. The number of hydrogen-bond acceptors (Lipinski definition) is 3. The first-order valence-corrected chi connectivity index (χ1v) is 7.14. The summed E-state index contributed by atoms with van der Waals surface area (Å²) >= 11 is 0. The highest BCUT2D eigenvalue weighted by Crippen LogP contribution is 2.34. The van der Waals surface area contributed by atoms with Crippen LogP contribution in [-0.4, -0.2) is 5.91 Å². The van der Waals surface area contributed by atoms with Crippen molar-refractivity contribution in [2.75, 3.05) is 11.1 Å². The molecule has 0 spiro atoms. The zero-order valence-corrected chi connectivity index (χ0v) is 11.8. The van der Waals surface area contributed by atoms with Crippen molar-refractivity contribution in [1.82, 2.24) is 0 Å². The third-order valence-corrected chi connectivity index (χ3v) is 3.92. The molecule has 1 amide bonds. The van der Waals surface area contributed by atoms with E-state index in [9.17, 15) is 4.79 Å². The van der Waals surface area contributed by atoms with E-state index in [-0.39, 0.29) is 12.3 Å². The van der Waals surface area contributed by atoms with E-state index in [0.29, 0.717) is 6.04 Å². The molecule has 1 atom stereocenters. The van der Waals surface area contributed by atoms with Gasteiger partial charge in [0.15, 0.2) is 0 Å². The number of nitrogen functional groups attached to an aromatic ring is 1. The third-order valence-electron chi connectivity index (χ3n) is 3.92. The van der Waals surface area contributed by atoms with Gasteiger partial charge in [0.2, 0.25) is 5.91 Å². The Bertz CT molecular complexity index is 664. The predicted octanol–water partition coefficient (Wildman–Crippen LogP) is 2.40. The fourth-order valence-electron chi connectivity index (χ4n) is 2.91. The number of carbonyl (C=O) groups excluding carboxylic acids is 1. The molecule has 0 aromatic heterocycles. The lowest BCUT2D eigenvalue weighted by Crippen LogP contribution is -2.13. The minimum absolute atomic E-state index is 0.284. The summed E-state index contributed by atoms with van der Waals surface area (Å²) in [5.74, 6) is -0.307. The normalized spacial score (nSPS) is 16.5. The number of anilines is 2. The molecule has 2 aromatic rings. The molecule has 0 saturated heterocycles. The topological polar surface area (TPSA) is 81.1 Å². The highest BCUT2D eigenvalue weighted by Gasteiger charge is 2.22. The second-order valence-corrected chi connectivity index (χ2v) is 5.53. The number of benzene rings is 2. The largest absolute Gasteiger partial charge is 0.399 e. The molecule has 5 N–H and O–H groups in total. The quantitative estimate of drug-likeness (QED) is 0.753. The first-order valence-electron chi connectivity index (χ1n) is 7.14. The average molecular weight is 281 g/mol. The Morgan fingerprint density at radius 3 is 2.67 bits per heavy atom. The van der Waals surface area contributed by atoms with Crippen molar-refractivity contribution in [3.63, 3.8) is 0 Å². The minimum Gasteiger partial charge on any atom is -0.399 e. The third kappa shape index (κ3) is 2.99. The maximum absolute atomic E-state index is 10.9. The van der Waals surface area contributed by atoms with Crippen molar-refractivity contribution >= 4 is 17.3 Å². The van der Waals surface area contributed by atoms with Crippen LogP contribution >= 0.6 is 0 Å². The molecular formula is C17H19N3O. The van der Waals surface area contributed by atoms with Crippen LogP contribution in [0.3, 0.4) is 0 Å². The van der Waals surface area contributed by atoms with Crippen molar-refractivity contribution in [3.8, 4) is 0 Å². The van der Waals surface area contributed by atoms with E-state index in [4.69, 9.17) is 11.5 Å². The molecule has 1 aliphatic rings. The molecule has 108 valence electrons. The van der Waals surface area contributed by atoms with Crippen molar-refractivity contribution in [3.05, 3.63) is 59.2 Å². The van der Waals surface area contributed by atoms with Crippen LogP contribution in [0.15, 0.2) is 42.5 Å². The summed E-state index contributed by atoms with van der Waals surface area (Å²) in [6.07, 6.45) is 2.41. The number of rotatable bonds is 4. The second kappa shape index (κ2) is 5.48. The molecule has 2 aromatic carbocycles. The Kier molecular flexibility index (Phi) is 3.52. The standard InChI is InChI=1S/C17H19N3O/c18-13-4-7-15-12(10-13)3-8-16(15)20-14-5-1-11(2-6-14)9-17(19)21/h1-2,4-7,10,16,20H,3,8-9,18H2,(H2,19,21). The summed E-state index contributed by atoms with van der Waals surface area (Å²) in [5, 5.41) is 3.54. The first-order chi connectivity index (χ1) is 10.1. The lowest BCUT2D eigenvalue weighted by molar-refractivity contribution is -0.117. The molecule has 0 heterocycles. The number of carbonyl (C=O) groups is 1. The van der Waals surface area contributed by atoms with Crippen LogP contribution in [0.4, 0.5) is 11.4 Å². The van der Waals surface area contributed by atoms with Gasteiger partial charge in [-0.3, -0.25) is 4.79 Å². The van der Waals surface area contributed by atoms with Gasteiger partial charge in [0.25, 0.3) is 0 Å². The number of aryl methyl sites for hydroxylation is 1. The molecule has 0 saturated carbocycles. The van der Waals surface area contributed by atoms with Crippen molar-refractivity contribution in [2.45, 2.75) is 25.3 Å². The van der Waals surface area contributed by atoms with Crippen LogP contribution in [0.1, 0.15) is 29.2 Å². The van der Waals surface area contributed by atoms with Crippen molar-refractivity contribution in [2.24, 2.45) is 5.73 Å². The van der Waals surface area contributed by atoms with Crippen LogP contribution in [0.2, 0.25) is 0 Å². The molecule has 0 radical (unpaired) electrons. The molecular weight excluding hydrogens is 262 g/mol. The fraction of sp³-hybridized carbons (Fsp3) is 0.235. The molecule has 0 aliphatic heterocycles. The zero-order chi connectivity index (χ0) is 14.8. The van der Waals surface area contributed by atoms with Gasteiger partial charge in [0, 0.05) is 11.4 Å². The van der Waals surface area contributed by atoms with Gasteiger partial charge in [0.05, 0.1) is 12.5 Å². The minimum atomic E-state index is -0.307. The number of hydrogen-bond donors (Lipinski definition) is 3. The summed E-state index contributed by atoms with van der Waals surface area (Å²) < 4.78 is 0. The Balaban J connectivity index is 1.72. The van der Waals surface area contributed by atoms with Crippen molar-refractivity contribution < 1.29 is 4.79 Å². The zero-order valence-electron chi connectivity index (χ0n) is 11.8. The van der Waals surface area contributed by atoms with Gasteiger partial charge < -0.3 is 16.8 Å². The van der Waals surface area contributed by atoms with E-state index >= 15 is 0 Å². The van der Waals surface area contributed by atoms with E-state index in [1.807, 2.05) is 30.3 Å². The van der Waals surface area contributed by atoms with E-state index in [2.05, 4.69) is 17.4 Å². The van der Waals surface area contributed by atoms with Gasteiger partial charge in [-0.2, -0.15) is 0 Å². The van der Waals surface area contributed by atoms with Gasteiger partial charge in [0.1, 0.15) is 0 Å². The molecule has 4 heteroatoms. The molecule has 0 fully saturated rings. The lowest BCUT2D eigenvalue weighted by atomic mass is 10.1. The fourth-order valence-corrected chi connectivity index (χ4v) is 2.91. The van der Waals surface area contributed by atoms with Gasteiger partial charge >= 0.3 is 0 Å². The molecule has 4 nitrogen and oxygen atoms in total. The molecule has 0 bridgehead atoms. The number of nitrogens with two attached hydrogens (primary N) is 2. The summed E-state index contributed by atoms with van der Waals surface area (Å²) in [6.45, 7) is 0. The van der Waals surface area contributed by atoms with E-state index in [0.717, 1.165) is 29.8 Å². The molecule has 1 aliphatic carbocycles. The molecule has 3 rings (SSSR count). The summed E-state index contributed by atoms with van der Waals surface area (Å²) in [7, 11) is 0. The Labute approximate surface area is 124 Å². The maximum Gasteiger partial charge on any atom is 0.221 e. The highest BCUT2D eigenvalue weighted by atomic mass is 16.1. The molecule has 1 unspecified atom stereocenters. The number of amides is 1. The first kappa shape index (κ1) is 13.5. The van der Waals surface area contributed by atoms with Crippen LogP contribution in [0, 0.1) is 0 Å². The van der Waals surface area contributed by atoms with Crippen LogP contribution in [0.25, 0.3) is 0 Å². The number of fused-ring (bicyclic) bond motifs is 1. The SMILES string of the molecule is NC(=O)Cc1ccc(NC2CCc3cc(N)ccc32)cc1. The summed E-state index contributed by atoms with van der Waals surface area (Å²) in [5.41, 5.74) is 16.5. The number of primary amides is 1. The maximum atomic E-state index is 10.9. The van der Waals surface area contributed by atoms with E-state index in [1.165, 1.54) is 11.1 Å². The van der Waals surface area contributed by atoms with Gasteiger partial charge in [-0.05, 0) is 53.8 Å².